The lowest BCUT2D eigenvalue weighted by atomic mass is 9.88. The van der Waals surface area contributed by atoms with Crippen LogP contribution < -0.4 is 10.6 Å². The summed E-state index contributed by atoms with van der Waals surface area (Å²) in [5.74, 6) is 1.20. The van der Waals surface area contributed by atoms with Gasteiger partial charge in [-0.3, -0.25) is 9.48 Å². The Morgan fingerprint density at radius 2 is 2.38 bits per heavy atom. The SMILES string of the molecule is CC(C(=O)Nc1ccn(C)n1)C1CNC1.Cl. The zero-order valence-corrected chi connectivity index (χ0v) is 10.3. The van der Waals surface area contributed by atoms with Crippen LogP contribution in [0.5, 0.6) is 0 Å². The van der Waals surface area contributed by atoms with Crippen LogP contribution in [0.25, 0.3) is 0 Å². The first-order chi connectivity index (χ1) is 7.16. The summed E-state index contributed by atoms with van der Waals surface area (Å²) in [6, 6.07) is 1.80. The molecule has 0 saturated carbocycles. The highest BCUT2D eigenvalue weighted by atomic mass is 35.5. The number of nitrogens with zero attached hydrogens (tertiary/aromatic N) is 2. The molecule has 6 heteroatoms. The molecular formula is C10H17ClN4O. The fourth-order valence-electron chi connectivity index (χ4n) is 1.60. The fourth-order valence-corrected chi connectivity index (χ4v) is 1.60. The second-order valence-electron chi connectivity index (χ2n) is 4.07. The number of amides is 1. The third-order valence-corrected chi connectivity index (χ3v) is 2.90. The number of anilines is 1. The average molecular weight is 245 g/mol. The van der Waals surface area contributed by atoms with Crippen LogP contribution in [0.1, 0.15) is 6.92 Å². The summed E-state index contributed by atoms with van der Waals surface area (Å²) in [5.41, 5.74) is 0. The lowest BCUT2D eigenvalue weighted by molar-refractivity contribution is -0.121. The highest BCUT2D eigenvalue weighted by Crippen LogP contribution is 2.17. The fraction of sp³-hybridized carbons (Fsp3) is 0.600. The summed E-state index contributed by atoms with van der Waals surface area (Å²) >= 11 is 0. The van der Waals surface area contributed by atoms with Crippen molar-refractivity contribution < 1.29 is 4.79 Å². The van der Waals surface area contributed by atoms with Crippen molar-refractivity contribution in [2.24, 2.45) is 18.9 Å². The molecule has 2 rings (SSSR count). The maximum Gasteiger partial charge on any atom is 0.228 e. The monoisotopic (exact) mass is 244 g/mol. The molecule has 5 nitrogen and oxygen atoms in total. The van der Waals surface area contributed by atoms with Gasteiger partial charge in [0, 0.05) is 25.2 Å². The molecule has 0 spiro atoms. The maximum absolute atomic E-state index is 11.8. The number of rotatable bonds is 3. The minimum atomic E-state index is 0. The second kappa shape index (κ2) is 5.32. The minimum Gasteiger partial charge on any atom is -0.316 e. The van der Waals surface area contributed by atoms with Gasteiger partial charge in [0.25, 0.3) is 0 Å². The Kier molecular flexibility index (Phi) is 4.32. The zero-order valence-electron chi connectivity index (χ0n) is 9.43. The Morgan fingerprint density at radius 3 is 2.81 bits per heavy atom. The van der Waals surface area contributed by atoms with Crippen molar-refractivity contribution in [3.63, 3.8) is 0 Å². The zero-order chi connectivity index (χ0) is 10.8. The van der Waals surface area contributed by atoms with Crippen LogP contribution in [0.15, 0.2) is 12.3 Å². The van der Waals surface area contributed by atoms with Crippen LogP contribution in [0.2, 0.25) is 0 Å². The van der Waals surface area contributed by atoms with Gasteiger partial charge in [-0.2, -0.15) is 5.10 Å². The van der Waals surface area contributed by atoms with E-state index < -0.39 is 0 Å². The maximum atomic E-state index is 11.8. The Morgan fingerprint density at radius 1 is 1.69 bits per heavy atom. The van der Waals surface area contributed by atoms with Gasteiger partial charge in [0.15, 0.2) is 5.82 Å². The number of carbonyl (C=O) groups is 1. The minimum absolute atomic E-state index is 0. The van der Waals surface area contributed by atoms with Gasteiger partial charge in [0.05, 0.1) is 0 Å². The smallest absolute Gasteiger partial charge is 0.228 e. The van der Waals surface area contributed by atoms with E-state index in [4.69, 9.17) is 0 Å². The van der Waals surface area contributed by atoms with Gasteiger partial charge in [-0.25, -0.2) is 0 Å². The van der Waals surface area contributed by atoms with E-state index in [0.717, 1.165) is 13.1 Å². The van der Waals surface area contributed by atoms with Gasteiger partial charge in [0.1, 0.15) is 0 Å². The predicted octanol–water partition coefficient (Wildman–Crippen LogP) is 0.636. The molecule has 16 heavy (non-hydrogen) atoms. The first-order valence-corrected chi connectivity index (χ1v) is 5.18. The van der Waals surface area contributed by atoms with Gasteiger partial charge in [-0.1, -0.05) is 6.92 Å². The molecule has 1 aromatic rings. The highest BCUT2D eigenvalue weighted by molar-refractivity contribution is 5.91. The summed E-state index contributed by atoms with van der Waals surface area (Å²) in [7, 11) is 1.83. The molecule has 1 unspecified atom stereocenters. The standard InChI is InChI=1S/C10H16N4O.ClH/c1-7(8-5-11-6-8)10(15)12-9-3-4-14(2)13-9;/h3-4,7-8,11H,5-6H2,1-2H3,(H,12,13,15);1H. The average Bonchev–Trinajstić information content (AvgIpc) is 2.48. The number of hydrogen-bond donors (Lipinski definition) is 2. The van der Waals surface area contributed by atoms with Crippen molar-refractivity contribution in [2.45, 2.75) is 6.92 Å². The van der Waals surface area contributed by atoms with E-state index in [1.165, 1.54) is 0 Å². The molecule has 0 aromatic carbocycles. The van der Waals surface area contributed by atoms with Crippen LogP contribution in [0.3, 0.4) is 0 Å². The molecule has 2 N–H and O–H groups in total. The van der Waals surface area contributed by atoms with E-state index in [-0.39, 0.29) is 24.2 Å². The summed E-state index contributed by atoms with van der Waals surface area (Å²) in [6.45, 7) is 3.84. The first kappa shape index (κ1) is 13.0. The topological polar surface area (TPSA) is 59.0 Å². The van der Waals surface area contributed by atoms with E-state index in [1.54, 1.807) is 10.7 Å². The summed E-state index contributed by atoms with van der Waals surface area (Å²) in [4.78, 5) is 11.8. The van der Waals surface area contributed by atoms with Crippen molar-refractivity contribution in [3.05, 3.63) is 12.3 Å². The normalized spacial score (nSPS) is 17.1. The van der Waals surface area contributed by atoms with Crippen molar-refractivity contribution in [1.82, 2.24) is 15.1 Å². The number of aromatic nitrogens is 2. The Hall–Kier alpha value is -1.07. The Balaban J connectivity index is 0.00000128. The third-order valence-electron chi connectivity index (χ3n) is 2.90. The molecule has 0 bridgehead atoms. The Labute approximate surface area is 101 Å². The summed E-state index contributed by atoms with van der Waals surface area (Å²) in [5, 5.41) is 10.1. The third kappa shape index (κ3) is 2.74. The van der Waals surface area contributed by atoms with Crippen molar-refractivity contribution in [2.75, 3.05) is 18.4 Å². The molecule has 2 heterocycles. The van der Waals surface area contributed by atoms with Gasteiger partial charge < -0.3 is 10.6 Å². The van der Waals surface area contributed by atoms with Gasteiger partial charge >= 0.3 is 0 Å². The molecule has 1 saturated heterocycles. The molecule has 1 aliphatic rings. The van der Waals surface area contributed by atoms with E-state index in [9.17, 15) is 4.79 Å². The largest absolute Gasteiger partial charge is 0.316 e. The van der Waals surface area contributed by atoms with Crippen molar-refractivity contribution >= 4 is 24.1 Å². The van der Waals surface area contributed by atoms with E-state index in [1.807, 2.05) is 20.2 Å². The van der Waals surface area contributed by atoms with Crippen molar-refractivity contribution in [1.29, 1.82) is 0 Å². The summed E-state index contributed by atoms with van der Waals surface area (Å²) < 4.78 is 1.67. The second-order valence-corrected chi connectivity index (χ2v) is 4.07. The van der Waals surface area contributed by atoms with Crippen LogP contribution in [0.4, 0.5) is 5.82 Å². The van der Waals surface area contributed by atoms with Crippen LogP contribution in [-0.4, -0.2) is 28.8 Å². The van der Waals surface area contributed by atoms with E-state index in [0.29, 0.717) is 11.7 Å². The van der Waals surface area contributed by atoms with Gasteiger partial charge in [0.2, 0.25) is 5.91 Å². The molecule has 1 amide bonds. The molecule has 90 valence electrons. The van der Waals surface area contributed by atoms with Crippen LogP contribution >= 0.6 is 12.4 Å². The van der Waals surface area contributed by atoms with Crippen LogP contribution in [-0.2, 0) is 11.8 Å². The van der Waals surface area contributed by atoms with Gasteiger partial charge in [-0.05, 0) is 19.0 Å². The number of nitrogens with one attached hydrogen (secondary N) is 2. The lowest BCUT2D eigenvalue weighted by Crippen LogP contribution is -2.48. The Bertz CT molecular complexity index is 361. The van der Waals surface area contributed by atoms with E-state index >= 15 is 0 Å². The molecule has 1 atom stereocenters. The van der Waals surface area contributed by atoms with Crippen LogP contribution in [0, 0.1) is 11.8 Å². The lowest BCUT2D eigenvalue weighted by Gasteiger charge is -2.31. The molecule has 1 fully saturated rings. The quantitative estimate of drug-likeness (QED) is 0.820. The summed E-state index contributed by atoms with van der Waals surface area (Å²) in [6.07, 6.45) is 1.81. The molecule has 0 radical (unpaired) electrons. The van der Waals surface area contributed by atoms with Crippen molar-refractivity contribution in [3.8, 4) is 0 Å². The molecular weight excluding hydrogens is 228 g/mol. The van der Waals surface area contributed by atoms with E-state index in [2.05, 4.69) is 15.7 Å². The number of aryl methyl sites for hydroxylation is 1. The number of halogens is 1. The number of hydrogen-bond acceptors (Lipinski definition) is 3. The molecule has 1 aromatic heterocycles. The molecule has 0 aliphatic carbocycles. The molecule has 1 aliphatic heterocycles. The first-order valence-electron chi connectivity index (χ1n) is 5.18. The predicted molar refractivity (Wildman–Crippen MR) is 64.6 cm³/mol. The van der Waals surface area contributed by atoms with Gasteiger partial charge in [-0.15, -0.1) is 12.4 Å². The number of carbonyl (C=O) groups excluding carboxylic acids is 1. The highest BCUT2D eigenvalue weighted by Gasteiger charge is 2.28.